The summed E-state index contributed by atoms with van der Waals surface area (Å²) in [6.07, 6.45) is 8.71. The number of fused-ring (bicyclic) bond motifs is 3. The van der Waals surface area contributed by atoms with Gasteiger partial charge < -0.3 is 19.2 Å². The van der Waals surface area contributed by atoms with Gasteiger partial charge in [-0.1, -0.05) is 33.8 Å². The Bertz CT molecular complexity index is 2670. The number of aromatic nitrogens is 5. The van der Waals surface area contributed by atoms with Gasteiger partial charge in [-0.25, -0.2) is 18.9 Å². The summed E-state index contributed by atoms with van der Waals surface area (Å²) < 4.78 is 27.0. The van der Waals surface area contributed by atoms with Crippen LogP contribution in [-0.4, -0.2) is 80.6 Å². The molecule has 62 heavy (non-hydrogen) atoms. The standard InChI is InChI=1S/C27H30FN7O.C20H24N2O2.C2H6/c1-17-12-21(13-18(2)25(17)28)35-26(22-16-30(3)9-8-23(22)29-35)34-11-10-33(27(34)36)20-6-7-24-19(14-20)15-31(4)32(24)5;1-3-20(4-2,14-21)22-18(13-23)12-17-11-16(5-6-19(17)22)15-7-9-24-10-8-15;1-2/h6-7,10-14H,8-9,15-16H2,1-5H3;5-6,11-13,15H,3-4,7-10H2,1-2H3;1-2H3. The second kappa shape index (κ2) is 18.3. The highest BCUT2D eigenvalue weighted by molar-refractivity contribution is 5.90. The Morgan fingerprint density at radius 1 is 0.919 bits per heavy atom. The highest BCUT2D eigenvalue weighted by Gasteiger charge is 2.32. The molecule has 0 saturated carbocycles. The number of hydrogen-bond acceptors (Lipinski definition) is 8. The molecule has 0 aliphatic carbocycles. The lowest BCUT2D eigenvalue weighted by Crippen LogP contribution is -2.31. The Morgan fingerprint density at radius 2 is 1.61 bits per heavy atom. The summed E-state index contributed by atoms with van der Waals surface area (Å²) in [5.74, 6) is 1.02. The molecule has 12 nitrogen and oxygen atoms in total. The Morgan fingerprint density at radius 3 is 2.27 bits per heavy atom. The number of aldehydes is 1. The van der Waals surface area contributed by atoms with E-state index in [2.05, 4.69) is 58.4 Å². The average Bonchev–Trinajstić information content (AvgIpc) is 4.05. The van der Waals surface area contributed by atoms with Crippen molar-refractivity contribution in [2.24, 2.45) is 0 Å². The second-order valence-corrected chi connectivity index (χ2v) is 16.6. The van der Waals surface area contributed by atoms with E-state index in [0.717, 1.165) is 91.1 Å². The lowest BCUT2D eigenvalue weighted by molar-refractivity contribution is 0.0853. The van der Waals surface area contributed by atoms with Crippen molar-refractivity contribution in [1.29, 1.82) is 5.26 Å². The number of likely N-dealkylation sites (N-methyl/N-ethyl adjacent to an activating group) is 1. The number of aryl methyl sites for hydroxylation is 2. The fourth-order valence-electron chi connectivity index (χ4n) is 9.28. The molecule has 1 fully saturated rings. The van der Waals surface area contributed by atoms with Gasteiger partial charge >= 0.3 is 5.69 Å². The van der Waals surface area contributed by atoms with Crippen LogP contribution >= 0.6 is 0 Å². The van der Waals surface area contributed by atoms with Crippen molar-refractivity contribution >= 4 is 22.9 Å². The quantitative estimate of drug-likeness (QED) is 0.140. The third-order valence-corrected chi connectivity index (χ3v) is 12.9. The fourth-order valence-corrected chi connectivity index (χ4v) is 9.28. The molecule has 9 rings (SSSR count). The molecule has 0 spiro atoms. The van der Waals surface area contributed by atoms with E-state index in [4.69, 9.17) is 9.84 Å². The van der Waals surface area contributed by atoms with Crippen molar-refractivity contribution in [2.45, 2.75) is 98.2 Å². The number of imidazole rings is 1. The van der Waals surface area contributed by atoms with Gasteiger partial charge in [0, 0.05) is 76.7 Å². The lowest BCUT2D eigenvalue weighted by Gasteiger charge is -2.28. The number of nitrogens with zero attached hydrogens (tertiary/aromatic N) is 9. The van der Waals surface area contributed by atoms with E-state index in [1.807, 2.05) is 69.4 Å². The van der Waals surface area contributed by atoms with Gasteiger partial charge in [0.05, 0.1) is 40.0 Å². The molecule has 3 aromatic heterocycles. The monoisotopic (exact) mass is 841 g/mol. The van der Waals surface area contributed by atoms with E-state index >= 15 is 0 Å². The van der Waals surface area contributed by atoms with Crippen molar-refractivity contribution in [3.63, 3.8) is 0 Å². The predicted molar refractivity (Wildman–Crippen MR) is 243 cm³/mol. The van der Waals surface area contributed by atoms with Gasteiger partial charge in [0.1, 0.15) is 17.2 Å². The third-order valence-electron chi connectivity index (χ3n) is 12.9. The second-order valence-electron chi connectivity index (χ2n) is 16.6. The van der Waals surface area contributed by atoms with Crippen LogP contribution < -0.4 is 10.7 Å². The largest absolute Gasteiger partial charge is 0.381 e. The van der Waals surface area contributed by atoms with Gasteiger partial charge in [0.25, 0.3) is 0 Å². The van der Waals surface area contributed by atoms with Gasteiger partial charge in [-0.15, -0.1) is 0 Å². The van der Waals surface area contributed by atoms with Gasteiger partial charge in [0.15, 0.2) is 6.29 Å². The Kier molecular flexibility index (Phi) is 13.0. The van der Waals surface area contributed by atoms with Crippen LogP contribution in [0.2, 0.25) is 0 Å². The topological polar surface area (TPSA) is 109 Å². The first kappa shape index (κ1) is 44.3. The fraction of sp³-hybridized carbons (Fsp3) is 0.429. The number of hydrogen-bond donors (Lipinski definition) is 0. The van der Waals surface area contributed by atoms with Crippen LogP contribution in [0, 0.1) is 31.0 Å². The number of halogens is 1. The van der Waals surface area contributed by atoms with Gasteiger partial charge in [-0.2, -0.15) is 10.4 Å². The first-order valence-electron chi connectivity index (χ1n) is 22.0. The Labute approximate surface area is 364 Å². The molecule has 0 radical (unpaired) electrons. The van der Waals surface area contributed by atoms with Gasteiger partial charge in [-0.05, 0) is 123 Å². The van der Waals surface area contributed by atoms with Crippen LogP contribution in [0.25, 0.3) is 28.1 Å². The number of ether oxygens (including phenoxy) is 1. The molecule has 0 N–H and O–H groups in total. The minimum atomic E-state index is -0.668. The van der Waals surface area contributed by atoms with Crippen LogP contribution in [0.5, 0.6) is 0 Å². The first-order valence-corrected chi connectivity index (χ1v) is 22.0. The molecule has 1 saturated heterocycles. The SMILES string of the molecule is CC.CCC(C#N)(CC)n1c(C=O)cc2cc(C3CCOCC3)ccc21.Cc1cc(-n2nc3c(c2-n2ccn(-c4ccc5c(c4)CN(C)N5C)c2=O)CN(C)CC3)cc(C)c1F. The molecule has 6 heterocycles. The van der Waals surface area contributed by atoms with E-state index in [1.54, 1.807) is 41.3 Å². The zero-order valence-corrected chi connectivity index (χ0v) is 37.7. The summed E-state index contributed by atoms with van der Waals surface area (Å²) in [4.78, 5) is 27.7. The minimum Gasteiger partial charge on any atom is -0.381 e. The maximum atomic E-state index is 14.4. The molecule has 6 aromatic rings. The molecule has 3 aromatic carbocycles. The maximum absolute atomic E-state index is 14.4. The number of rotatable bonds is 8. The number of anilines is 1. The van der Waals surface area contributed by atoms with E-state index < -0.39 is 5.54 Å². The number of carbonyl (C=O) groups excluding carboxylic acids is 1. The Hall–Kier alpha value is -5.81. The van der Waals surface area contributed by atoms with Crippen molar-refractivity contribution in [3.8, 4) is 23.3 Å². The number of hydrazine groups is 1. The molecule has 3 aliphatic rings. The van der Waals surface area contributed by atoms with Gasteiger partial charge in [0.2, 0.25) is 0 Å². The number of nitriles is 1. The summed E-state index contributed by atoms with van der Waals surface area (Å²) in [6.45, 7) is 15.5. The van der Waals surface area contributed by atoms with E-state index in [0.29, 0.717) is 47.9 Å². The molecule has 0 bridgehead atoms. The third kappa shape index (κ3) is 7.91. The van der Waals surface area contributed by atoms with Crippen molar-refractivity contribution in [1.82, 2.24) is 33.4 Å². The molecule has 0 atom stereocenters. The van der Waals surface area contributed by atoms with Crippen LogP contribution in [0.3, 0.4) is 0 Å². The summed E-state index contributed by atoms with van der Waals surface area (Å²) in [5.41, 5.74) is 9.04. The maximum Gasteiger partial charge on any atom is 0.338 e. The van der Waals surface area contributed by atoms with E-state index in [-0.39, 0.29) is 11.5 Å². The summed E-state index contributed by atoms with van der Waals surface area (Å²) in [7, 11) is 6.15. The summed E-state index contributed by atoms with van der Waals surface area (Å²) >= 11 is 0. The minimum absolute atomic E-state index is 0.164. The number of benzene rings is 3. The van der Waals surface area contributed by atoms with Crippen LogP contribution in [0.4, 0.5) is 10.1 Å². The average molecular weight is 842 g/mol. The molecule has 326 valence electrons. The molecular formula is C49H60FN9O3. The summed E-state index contributed by atoms with van der Waals surface area (Å²) in [5, 5.41) is 20.0. The highest BCUT2D eigenvalue weighted by Crippen LogP contribution is 2.36. The predicted octanol–water partition coefficient (Wildman–Crippen LogP) is 8.77. The smallest absolute Gasteiger partial charge is 0.338 e. The van der Waals surface area contributed by atoms with Crippen LogP contribution in [-0.2, 0) is 29.8 Å². The molecule has 0 amide bonds. The zero-order chi connectivity index (χ0) is 44.5. The molecule has 0 unspecified atom stereocenters. The Balaban J connectivity index is 0.000000194. The first-order chi connectivity index (χ1) is 29.9. The van der Waals surface area contributed by atoms with E-state index in [1.165, 1.54) is 11.1 Å². The van der Waals surface area contributed by atoms with Crippen molar-refractivity contribution < 1.29 is 13.9 Å². The molecule has 13 heteroatoms. The highest BCUT2D eigenvalue weighted by atomic mass is 19.1. The van der Waals surface area contributed by atoms with Crippen molar-refractivity contribution in [3.05, 3.63) is 122 Å². The van der Waals surface area contributed by atoms with Crippen LogP contribution in [0.15, 0.2) is 71.8 Å². The van der Waals surface area contributed by atoms with Crippen molar-refractivity contribution in [2.75, 3.05) is 45.9 Å². The van der Waals surface area contributed by atoms with E-state index in [9.17, 15) is 19.2 Å². The zero-order valence-electron chi connectivity index (χ0n) is 37.7. The molecular weight excluding hydrogens is 782 g/mol. The summed E-state index contributed by atoms with van der Waals surface area (Å²) in [6, 6.07) is 20.5. The number of carbonyl (C=O) groups is 1. The van der Waals surface area contributed by atoms with Gasteiger partial charge in [-0.3, -0.25) is 13.9 Å². The lowest BCUT2D eigenvalue weighted by atomic mass is 9.90. The normalized spacial score (nSPS) is 15.7. The molecule has 3 aliphatic heterocycles. The van der Waals surface area contributed by atoms with Crippen LogP contribution in [0.1, 0.15) is 103 Å².